The normalized spacial score (nSPS) is 17.0. The van der Waals surface area contributed by atoms with Gasteiger partial charge in [-0.2, -0.15) is 11.1 Å². The van der Waals surface area contributed by atoms with E-state index in [1.54, 1.807) is 5.56 Å². The van der Waals surface area contributed by atoms with Gasteiger partial charge in [0.15, 0.2) is 7.38 Å². The van der Waals surface area contributed by atoms with Crippen molar-refractivity contribution < 1.29 is 0 Å². The Kier molecular flexibility index (Phi) is 17.8. The molecule has 12 rings (SSSR count). The molecule has 8 aromatic rings. The standard InChI is InChI=1S/C43H50Si.C23H29ClSi.C20H22/c1-27-24-35-33(30-20-22-32(23-21-30)42(4,5)6)18-15-19-34(35)40(27)44(10,11)41-28(2)25-36-37(41)26-38(43(7,8)9)29(3)39(36)31-16-13-12-14-17-31;1-15-13-18-19(22(15)25(6,7)24)14-20(23(3,4)5)16(2)21(18)17-11-9-8-10-12-17;1-14-12-16-6-5-7-18(19(16)13-14)15-8-10-17(11-9-15)20(2,3)4/h12-26,40-41H,1-11H3;8-14,22H,1-7H3;5-12H,13H2,1-4H3. The Bertz CT molecular complexity index is 4110. The number of halogens is 1. The van der Waals surface area contributed by atoms with Gasteiger partial charge in [-0.1, -0.05) is 314 Å². The summed E-state index contributed by atoms with van der Waals surface area (Å²) >= 11 is 6.96. The van der Waals surface area contributed by atoms with E-state index >= 15 is 0 Å². The lowest BCUT2D eigenvalue weighted by Gasteiger charge is -2.40. The SMILES string of the molecule is CC1=Cc2c(-c3ccc(C(C)(C)C)cc3)cccc2C1[Si](C)(C)C1C(C)=Cc2c1cc(C(C)(C)C)c(C)c2-c1ccccc1.CC1=Cc2c(cc(C(C)(C)C)c(C)c2-c2ccccc2)C1[Si](C)(C)Cl.CC1=Cc2cccc(-c3ccc(C(C)(C)C)cc3)c2C1. The smallest absolute Gasteiger partial charge is 0.161 e. The van der Waals surface area contributed by atoms with E-state index in [-0.39, 0.29) is 21.7 Å². The third-order valence-electron chi connectivity index (χ3n) is 20.0. The van der Waals surface area contributed by atoms with Gasteiger partial charge in [0.05, 0.1) is 8.07 Å². The minimum absolute atomic E-state index is 0.0720. The van der Waals surface area contributed by atoms with Gasteiger partial charge in [0, 0.05) is 16.6 Å². The Morgan fingerprint density at radius 3 is 1.20 bits per heavy atom. The molecule has 3 heteroatoms. The van der Waals surface area contributed by atoms with Crippen LogP contribution < -0.4 is 0 Å². The van der Waals surface area contributed by atoms with Crippen LogP contribution in [0.3, 0.4) is 0 Å². The van der Waals surface area contributed by atoms with Gasteiger partial charge in [0.2, 0.25) is 0 Å². The van der Waals surface area contributed by atoms with Crippen molar-refractivity contribution in [1.29, 1.82) is 0 Å². The molecule has 0 radical (unpaired) electrons. The fraction of sp³-hybridized carbons (Fsp3) is 0.349. The first-order valence-electron chi connectivity index (χ1n) is 32.9. The Morgan fingerprint density at radius 2 is 0.764 bits per heavy atom. The summed E-state index contributed by atoms with van der Waals surface area (Å²) in [5.74, 6) is 0. The van der Waals surface area contributed by atoms with Crippen LogP contribution in [0.25, 0.3) is 68.8 Å². The summed E-state index contributed by atoms with van der Waals surface area (Å²) in [6, 6.07) is 59.0. The molecule has 0 aromatic heterocycles. The number of hydrogen-bond donors (Lipinski definition) is 0. The first kappa shape index (κ1) is 65.4. The zero-order chi connectivity index (χ0) is 64.7. The molecule has 4 aliphatic carbocycles. The van der Waals surface area contributed by atoms with Gasteiger partial charge in [-0.25, -0.2) is 0 Å². The van der Waals surface area contributed by atoms with E-state index in [2.05, 4.69) is 333 Å². The molecule has 0 saturated heterocycles. The van der Waals surface area contributed by atoms with Gasteiger partial charge in [-0.05, 0) is 192 Å². The van der Waals surface area contributed by atoms with Crippen LogP contribution in [-0.2, 0) is 28.1 Å². The van der Waals surface area contributed by atoms with E-state index in [1.165, 1.54) is 139 Å². The highest BCUT2D eigenvalue weighted by Gasteiger charge is 2.48. The Labute approximate surface area is 545 Å². The molecule has 0 amide bonds. The molecule has 0 heterocycles. The Balaban J connectivity index is 0.000000163. The van der Waals surface area contributed by atoms with Crippen LogP contribution in [0.4, 0.5) is 0 Å². The lowest BCUT2D eigenvalue weighted by Crippen LogP contribution is -2.42. The largest absolute Gasteiger partial charge is 0.167 e. The first-order chi connectivity index (χ1) is 41.6. The summed E-state index contributed by atoms with van der Waals surface area (Å²) < 4.78 is 0. The molecule has 0 saturated carbocycles. The summed E-state index contributed by atoms with van der Waals surface area (Å²) in [6.45, 7) is 51.4. The fourth-order valence-electron chi connectivity index (χ4n) is 16.0. The lowest BCUT2D eigenvalue weighted by molar-refractivity contribution is 0.585. The lowest BCUT2D eigenvalue weighted by atomic mass is 9.78. The predicted octanol–water partition coefficient (Wildman–Crippen LogP) is 25.5. The number of fused-ring (bicyclic) bond motifs is 4. The number of allylic oxidation sites excluding steroid dienone is 4. The van der Waals surface area contributed by atoms with Gasteiger partial charge < -0.3 is 0 Å². The maximum atomic E-state index is 6.96. The van der Waals surface area contributed by atoms with Crippen LogP contribution >= 0.6 is 11.1 Å². The quantitative estimate of drug-likeness (QED) is 0.110. The van der Waals surface area contributed by atoms with Crippen LogP contribution in [0.15, 0.2) is 180 Å². The highest BCUT2D eigenvalue weighted by atomic mass is 35.6. The van der Waals surface area contributed by atoms with Gasteiger partial charge >= 0.3 is 0 Å². The molecule has 3 unspecified atom stereocenters. The second-order valence-electron chi connectivity index (χ2n) is 31.9. The summed E-state index contributed by atoms with van der Waals surface area (Å²) in [5, 5.41) is 0. The summed E-state index contributed by atoms with van der Waals surface area (Å²) in [5.41, 5.74) is 38.9. The second-order valence-corrected chi connectivity index (χ2v) is 43.4. The summed E-state index contributed by atoms with van der Waals surface area (Å²) in [4.78, 5) is 0. The Hall–Kier alpha value is -6.56. The van der Waals surface area contributed by atoms with Crippen LogP contribution in [0.1, 0.15) is 205 Å². The first-order valence-corrected chi connectivity index (χ1v) is 40.2. The number of hydrogen-bond acceptors (Lipinski definition) is 0. The minimum Gasteiger partial charge on any atom is -0.167 e. The van der Waals surface area contributed by atoms with Gasteiger partial charge in [-0.15, -0.1) is 0 Å². The number of rotatable bonds is 7. The summed E-state index contributed by atoms with van der Waals surface area (Å²) in [7, 11) is -3.84. The predicted molar refractivity (Wildman–Crippen MR) is 399 cm³/mol. The van der Waals surface area contributed by atoms with Crippen LogP contribution in [-0.4, -0.2) is 15.5 Å². The van der Waals surface area contributed by atoms with E-state index in [4.69, 9.17) is 11.1 Å². The number of benzene rings is 8. The van der Waals surface area contributed by atoms with Crippen molar-refractivity contribution in [3.8, 4) is 44.5 Å². The van der Waals surface area contributed by atoms with Crippen molar-refractivity contribution in [2.45, 2.75) is 196 Å². The van der Waals surface area contributed by atoms with E-state index < -0.39 is 15.5 Å². The van der Waals surface area contributed by atoms with Crippen molar-refractivity contribution in [2.24, 2.45) is 0 Å². The molecular formula is C86H101ClSi2. The molecule has 0 aliphatic heterocycles. The van der Waals surface area contributed by atoms with Crippen LogP contribution in [0.5, 0.6) is 0 Å². The molecule has 460 valence electrons. The van der Waals surface area contributed by atoms with Crippen molar-refractivity contribution in [3.05, 3.63) is 258 Å². The van der Waals surface area contributed by atoms with E-state index in [0.717, 1.165) is 6.42 Å². The second kappa shape index (κ2) is 24.2. The molecule has 89 heavy (non-hydrogen) atoms. The van der Waals surface area contributed by atoms with Crippen molar-refractivity contribution in [2.75, 3.05) is 0 Å². The molecule has 0 bridgehead atoms. The maximum absolute atomic E-state index is 6.96. The minimum atomic E-state index is -1.98. The van der Waals surface area contributed by atoms with Gasteiger partial charge in [0.25, 0.3) is 0 Å². The monoisotopic (exact) mass is 1220 g/mol. The molecule has 0 spiro atoms. The van der Waals surface area contributed by atoms with Gasteiger partial charge in [-0.3, -0.25) is 0 Å². The fourth-order valence-corrected chi connectivity index (χ4v) is 24.0. The highest BCUT2D eigenvalue weighted by molar-refractivity contribution is 7.20. The molecule has 8 aromatic carbocycles. The molecule has 0 fully saturated rings. The van der Waals surface area contributed by atoms with Crippen molar-refractivity contribution in [3.63, 3.8) is 0 Å². The van der Waals surface area contributed by atoms with Crippen LogP contribution in [0, 0.1) is 13.8 Å². The average molecular weight is 1230 g/mol. The zero-order valence-electron chi connectivity index (χ0n) is 58.1. The third-order valence-corrected chi connectivity index (χ3v) is 27.3. The van der Waals surface area contributed by atoms with Crippen molar-refractivity contribution >= 4 is 50.8 Å². The van der Waals surface area contributed by atoms with E-state index in [1.807, 2.05) is 0 Å². The van der Waals surface area contributed by atoms with Gasteiger partial charge in [0.1, 0.15) is 0 Å². The van der Waals surface area contributed by atoms with Crippen molar-refractivity contribution in [1.82, 2.24) is 0 Å². The van der Waals surface area contributed by atoms with E-state index in [9.17, 15) is 0 Å². The molecule has 0 N–H and O–H groups in total. The maximum Gasteiger partial charge on any atom is 0.161 e. The molecule has 3 atom stereocenters. The topological polar surface area (TPSA) is 0 Å². The Morgan fingerprint density at radius 1 is 0.371 bits per heavy atom. The van der Waals surface area contributed by atoms with Crippen LogP contribution in [0.2, 0.25) is 26.2 Å². The van der Waals surface area contributed by atoms with E-state index in [0.29, 0.717) is 16.6 Å². The summed E-state index contributed by atoms with van der Waals surface area (Å²) in [6.07, 6.45) is 10.8. The molecule has 4 aliphatic rings. The average Bonchev–Trinajstić information content (AvgIpc) is 1.61. The third kappa shape index (κ3) is 12.9. The highest BCUT2D eigenvalue weighted by Crippen LogP contribution is 2.56. The molecular weight excluding hydrogens is 1120 g/mol. The zero-order valence-corrected chi connectivity index (χ0v) is 60.9. The molecule has 0 nitrogen and oxygen atoms in total.